The molecule has 0 saturated heterocycles. The highest BCUT2D eigenvalue weighted by Gasteiger charge is 2.31. The van der Waals surface area contributed by atoms with Gasteiger partial charge < -0.3 is 21.1 Å². The smallest absolute Gasteiger partial charge is 0.404 e. The molecule has 0 atom stereocenters. The van der Waals surface area contributed by atoms with Crippen LogP contribution in [0.15, 0.2) is 36.7 Å². The first kappa shape index (κ1) is 21.9. The largest absolute Gasteiger partial charge is 0.573 e. The van der Waals surface area contributed by atoms with E-state index in [0.717, 1.165) is 35.7 Å². The molecular weight excluding hydrogens is 449 g/mol. The number of alkyl halides is 3. The van der Waals surface area contributed by atoms with Gasteiger partial charge in [0.05, 0.1) is 23.6 Å². The zero-order chi connectivity index (χ0) is 22.8. The summed E-state index contributed by atoms with van der Waals surface area (Å²) in [6.07, 6.45) is -3.08. The van der Waals surface area contributed by atoms with Crippen LogP contribution in [0.2, 0.25) is 0 Å². The van der Waals surface area contributed by atoms with Crippen LogP contribution in [0.1, 0.15) is 20.0 Å². The Labute approximate surface area is 173 Å². The van der Waals surface area contributed by atoms with E-state index in [0.29, 0.717) is 12.3 Å². The number of thiazole rings is 1. The van der Waals surface area contributed by atoms with Gasteiger partial charge >= 0.3 is 6.36 Å². The highest BCUT2D eigenvalue weighted by atomic mass is 32.1. The SMILES string of the molecule is Nc1ncc(C(=O)Nc2cc(C(=O)Nc3ccc(OC(F)(F)F)cn3)c(F)cc2F)s1. The number of aromatic nitrogens is 2. The lowest BCUT2D eigenvalue weighted by molar-refractivity contribution is -0.274. The maximum absolute atomic E-state index is 14.1. The molecule has 0 aliphatic rings. The fourth-order valence-electron chi connectivity index (χ4n) is 2.23. The minimum absolute atomic E-state index is 0.0533. The minimum Gasteiger partial charge on any atom is -0.404 e. The van der Waals surface area contributed by atoms with Gasteiger partial charge in [-0.3, -0.25) is 9.59 Å². The zero-order valence-electron chi connectivity index (χ0n) is 15.0. The Balaban J connectivity index is 1.76. The number of hydrogen-bond donors (Lipinski definition) is 3. The fraction of sp³-hybridized carbons (Fsp3) is 0.0588. The molecule has 0 aliphatic heterocycles. The Morgan fingerprint density at radius 3 is 2.32 bits per heavy atom. The third-order valence-electron chi connectivity index (χ3n) is 3.51. The lowest BCUT2D eigenvalue weighted by atomic mass is 10.1. The monoisotopic (exact) mass is 459 g/mol. The number of halogens is 5. The number of nitrogens with two attached hydrogens (primary N) is 1. The van der Waals surface area contributed by atoms with Crippen molar-refractivity contribution in [2.75, 3.05) is 16.4 Å². The van der Waals surface area contributed by atoms with Crippen molar-refractivity contribution in [1.82, 2.24) is 9.97 Å². The van der Waals surface area contributed by atoms with Crippen LogP contribution in [0, 0.1) is 11.6 Å². The molecule has 0 aliphatic carbocycles. The Morgan fingerprint density at radius 1 is 1.00 bits per heavy atom. The molecule has 3 rings (SSSR count). The number of hydrogen-bond acceptors (Lipinski definition) is 7. The predicted molar refractivity (Wildman–Crippen MR) is 99.7 cm³/mol. The molecule has 162 valence electrons. The number of anilines is 3. The van der Waals surface area contributed by atoms with Gasteiger partial charge in [-0.25, -0.2) is 18.7 Å². The van der Waals surface area contributed by atoms with Gasteiger partial charge in [-0.15, -0.1) is 13.2 Å². The summed E-state index contributed by atoms with van der Waals surface area (Å²) in [7, 11) is 0. The first-order valence-electron chi connectivity index (χ1n) is 8.06. The maximum atomic E-state index is 14.1. The van der Waals surface area contributed by atoms with Crippen molar-refractivity contribution in [3.8, 4) is 5.75 Å². The van der Waals surface area contributed by atoms with Crippen molar-refractivity contribution in [2.24, 2.45) is 0 Å². The molecule has 2 aromatic heterocycles. The number of ether oxygens (including phenoxy) is 1. The van der Waals surface area contributed by atoms with Crippen LogP contribution in [-0.2, 0) is 0 Å². The molecule has 0 bridgehead atoms. The van der Waals surface area contributed by atoms with Gasteiger partial charge in [0.1, 0.15) is 28.1 Å². The first-order chi connectivity index (χ1) is 14.5. The second-order valence-corrected chi connectivity index (χ2v) is 6.77. The van der Waals surface area contributed by atoms with E-state index in [1.165, 1.54) is 0 Å². The normalized spacial score (nSPS) is 11.1. The summed E-state index contributed by atoms with van der Waals surface area (Å²) in [5.41, 5.74) is 4.27. The first-order valence-corrected chi connectivity index (χ1v) is 8.88. The van der Waals surface area contributed by atoms with Gasteiger partial charge in [0, 0.05) is 6.07 Å². The van der Waals surface area contributed by atoms with E-state index in [4.69, 9.17) is 5.73 Å². The molecule has 1 aromatic carbocycles. The number of nitrogens with one attached hydrogen (secondary N) is 2. The van der Waals surface area contributed by atoms with E-state index in [1.54, 1.807) is 0 Å². The number of carbonyl (C=O) groups is 2. The number of benzene rings is 1. The van der Waals surface area contributed by atoms with Crippen molar-refractivity contribution in [3.05, 3.63) is 58.7 Å². The Bertz CT molecular complexity index is 1130. The molecule has 0 unspecified atom stereocenters. The molecule has 0 spiro atoms. The molecule has 8 nitrogen and oxygen atoms in total. The van der Waals surface area contributed by atoms with E-state index in [-0.39, 0.29) is 15.8 Å². The van der Waals surface area contributed by atoms with Crippen LogP contribution in [-0.4, -0.2) is 28.1 Å². The lowest BCUT2D eigenvalue weighted by Crippen LogP contribution is -2.18. The highest BCUT2D eigenvalue weighted by molar-refractivity contribution is 7.17. The van der Waals surface area contributed by atoms with Crippen LogP contribution in [0.4, 0.5) is 38.6 Å². The van der Waals surface area contributed by atoms with E-state index < -0.39 is 46.8 Å². The fourth-order valence-corrected chi connectivity index (χ4v) is 2.81. The Hall–Kier alpha value is -3.81. The topological polar surface area (TPSA) is 119 Å². The van der Waals surface area contributed by atoms with Gasteiger partial charge in [0.25, 0.3) is 11.8 Å². The summed E-state index contributed by atoms with van der Waals surface area (Å²) in [6.45, 7) is 0. The van der Waals surface area contributed by atoms with E-state index >= 15 is 0 Å². The number of carbonyl (C=O) groups excluding carboxylic acids is 2. The number of rotatable bonds is 5. The highest BCUT2D eigenvalue weighted by Crippen LogP contribution is 2.24. The summed E-state index contributed by atoms with van der Waals surface area (Å²) in [6, 6.07) is 3.00. The van der Waals surface area contributed by atoms with E-state index in [1.807, 2.05) is 0 Å². The standard InChI is InChI=1S/C17H10F5N5O3S/c18-9-4-10(19)11(26-15(29)12-6-25-16(23)31-12)3-8(9)14(28)27-13-2-1-7(5-24-13)30-17(20,21)22/h1-6H,(H2,23,25)(H,26,29)(H,24,27,28). The number of nitrogen functional groups attached to an aromatic ring is 1. The van der Waals surface area contributed by atoms with Gasteiger partial charge in [-0.1, -0.05) is 11.3 Å². The summed E-state index contributed by atoms with van der Waals surface area (Å²) in [5.74, 6) is -5.13. The third kappa shape index (κ3) is 5.63. The van der Waals surface area contributed by atoms with Gasteiger partial charge in [0.2, 0.25) is 0 Å². The zero-order valence-corrected chi connectivity index (χ0v) is 15.8. The Kier molecular flexibility index (Phi) is 6.01. The van der Waals surface area contributed by atoms with Gasteiger partial charge in [0.15, 0.2) is 5.13 Å². The lowest BCUT2D eigenvalue weighted by Gasteiger charge is -2.11. The van der Waals surface area contributed by atoms with E-state index in [2.05, 4.69) is 25.3 Å². The molecule has 3 aromatic rings. The second-order valence-electron chi connectivity index (χ2n) is 5.71. The number of pyridine rings is 1. The predicted octanol–water partition coefficient (Wildman–Crippen LogP) is 3.80. The molecule has 4 N–H and O–H groups in total. The van der Waals surface area contributed by atoms with Crippen LogP contribution >= 0.6 is 11.3 Å². The molecular formula is C17H10F5N5O3S. The molecule has 2 amide bonds. The van der Waals surface area contributed by atoms with Crippen molar-refractivity contribution >= 4 is 39.8 Å². The minimum atomic E-state index is -4.92. The van der Waals surface area contributed by atoms with Crippen LogP contribution in [0.25, 0.3) is 0 Å². The van der Waals surface area contributed by atoms with Crippen molar-refractivity contribution in [2.45, 2.75) is 6.36 Å². The average molecular weight is 459 g/mol. The maximum Gasteiger partial charge on any atom is 0.573 e. The average Bonchev–Trinajstić information content (AvgIpc) is 3.10. The molecule has 0 fully saturated rings. The van der Waals surface area contributed by atoms with Crippen molar-refractivity contribution in [3.63, 3.8) is 0 Å². The van der Waals surface area contributed by atoms with E-state index in [9.17, 15) is 31.5 Å². The summed E-state index contributed by atoms with van der Waals surface area (Å²) < 4.78 is 68.2. The van der Waals surface area contributed by atoms with Crippen molar-refractivity contribution < 1.29 is 36.3 Å². The quantitative estimate of drug-likeness (QED) is 0.500. The number of nitrogens with zero attached hydrogens (tertiary/aromatic N) is 2. The molecule has 0 saturated carbocycles. The number of amides is 2. The van der Waals surface area contributed by atoms with Gasteiger partial charge in [-0.2, -0.15) is 0 Å². The van der Waals surface area contributed by atoms with Crippen LogP contribution in [0.5, 0.6) is 5.75 Å². The van der Waals surface area contributed by atoms with Crippen LogP contribution in [0.3, 0.4) is 0 Å². The summed E-state index contributed by atoms with van der Waals surface area (Å²) >= 11 is 0.831. The molecule has 0 radical (unpaired) electrons. The Morgan fingerprint density at radius 2 is 1.74 bits per heavy atom. The molecule has 14 heteroatoms. The summed E-state index contributed by atoms with van der Waals surface area (Å²) in [5, 5.41) is 4.41. The molecule has 31 heavy (non-hydrogen) atoms. The van der Waals surface area contributed by atoms with Crippen LogP contribution < -0.4 is 21.1 Å². The summed E-state index contributed by atoms with van der Waals surface area (Å²) in [4.78, 5) is 31.7. The molecule has 2 heterocycles. The van der Waals surface area contributed by atoms with Crippen molar-refractivity contribution in [1.29, 1.82) is 0 Å². The third-order valence-corrected chi connectivity index (χ3v) is 4.33. The van der Waals surface area contributed by atoms with Gasteiger partial charge in [-0.05, 0) is 18.2 Å². The second kappa shape index (κ2) is 8.51.